The molecule has 0 radical (unpaired) electrons. The fourth-order valence-corrected chi connectivity index (χ4v) is 4.79. The van der Waals surface area contributed by atoms with Crippen LogP contribution in [0.5, 0.6) is 0 Å². The van der Waals surface area contributed by atoms with E-state index in [1.807, 2.05) is 24.4 Å². The van der Waals surface area contributed by atoms with E-state index in [2.05, 4.69) is 4.98 Å². The number of hydrogen-bond acceptors (Lipinski definition) is 5. The lowest BCUT2D eigenvalue weighted by atomic mass is 10.3. The SMILES string of the molecule is CCN(Cc1cccs1)C(=O)c1cc(S(=O)(=O)N2CCOCC2)c[nH]1. The zero-order chi connectivity index (χ0) is 17.9. The second kappa shape index (κ2) is 7.69. The molecule has 2 aromatic rings. The topological polar surface area (TPSA) is 82.7 Å². The Balaban J connectivity index is 1.76. The van der Waals surface area contributed by atoms with Gasteiger partial charge in [-0.05, 0) is 24.4 Å². The van der Waals surface area contributed by atoms with Crippen molar-refractivity contribution in [3.8, 4) is 0 Å². The van der Waals surface area contributed by atoms with E-state index >= 15 is 0 Å². The van der Waals surface area contributed by atoms with Gasteiger partial charge in [0.1, 0.15) is 10.6 Å². The van der Waals surface area contributed by atoms with Gasteiger partial charge >= 0.3 is 0 Å². The van der Waals surface area contributed by atoms with Crippen molar-refractivity contribution in [3.05, 3.63) is 40.3 Å². The van der Waals surface area contributed by atoms with Crippen molar-refractivity contribution in [1.29, 1.82) is 0 Å². The van der Waals surface area contributed by atoms with Crippen LogP contribution in [-0.4, -0.2) is 61.4 Å². The van der Waals surface area contributed by atoms with Gasteiger partial charge in [-0.2, -0.15) is 4.31 Å². The van der Waals surface area contributed by atoms with Gasteiger partial charge in [0.2, 0.25) is 10.0 Å². The van der Waals surface area contributed by atoms with Gasteiger partial charge in [-0.3, -0.25) is 4.79 Å². The second-order valence-corrected chi connectivity index (χ2v) is 8.63. The molecule has 1 saturated heterocycles. The van der Waals surface area contributed by atoms with Gasteiger partial charge in [-0.25, -0.2) is 8.42 Å². The lowest BCUT2D eigenvalue weighted by Crippen LogP contribution is -2.40. The molecule has 3 heterocycles. The van der Waals surface area contributed by atoms with Gasteiger partial charge in [-0.1, -0.05) is 6.07 Å². The largest absolute Gasteiger partial charge is 0.379 e. The van der Waals surface area contributed by atoms with Gasteiger partial charge in [0, 0.05) is 30.7 Å². The summed E-state index contributed by atoms with van der Waals surface area (Å²) in [5, 5.41) is 1.97. The fraction of sp³-hybridized carbons (Fsp3) is 0.438. The highest BCUT2D eigenvalue weighted by Gasteiger charge is 2.28. The van der Waals surface area contributed by atoms with Crippen LogP contribution >= 0.6 is 11.3 Å². The maximum absolute atomic E-state index is 12.7. The molecule has 7 nitrogen and oxygen atoms in total. The Morgan fingerprint density at radius 2 is 2.16 bits per heavy atom. The number of thiophene rings is 1. The molecule has 1 amide bonds. The van der Waals surface area contributed by atoms with Crippen molar-refractivity contribution in [2.24, 2.45) is 0 Å². The normalized spacial score (nSPS) is 16.0. The van der Waals surface area contributed by atoms with E-state index in [1.54, 1.807) is 16.2 Å². The maximum Gasteiger partial charge on any atom is 0.270 e. The van der Waals surface area contributed by atoms with Crippen molar-refractivity contribution in [2.45, 2.75) is 18.4 Å². The molecule has 136 valence electrons. The fourth-order valence-electron chi connectivity index (χ4n) is 2.67. The first-order valence-electron chi connectivity index (χ1n) is 8.10. The summed E-state index contributed by atoms with van der Waals surface area (Å²) in [7, 11) is -3.60. The van der Waals surface area contributed by atoms with Crippen molar-refractivity contribution in [2.75, 3.05) is 32.8 Å². The molecule has 0 atom stereocenters. The predicted molar refractivity (Wildman–Crippen MR) is 95.1 cm³/mol. The summed E-state index contributed by atoms with van der Waals surface area (Å²) in [6.07, 6.45) is 1.39. The second-order valence-electron chi connectivity index (χ2n) is 5.66. The van der Waals surface area contributed by atoms with E-state index in [0.29, 0.717) is 39.4 Å². The van der Waals surface area contributed by atoms with Crippen LogP contribution in [0.25, 0.3) is 0 Å². The smallest absolute Gasteiger partial charge is 0.270 e. The van der Waals surface area contributed by atoms with Crippen LogP contribution < -0.4 is 0 Å². The number of amides is 1. The van der Waals surface area contributed by atoms with Gasteiger partial charge in [-0.15, -0.1) is 11.3 Å². The van der Waals surface area contributed by atoms with Gasteiger partial charge in [0.15, 0.2) is 0 Å². The average Bonchev–Trinajstić information content (AvgIpc) is 3.32. The van der Waals surface area contributed by atoms with Crippen LogP contribution in [0.3, 0.4) is 0 Å². The molecule has 1 N–H and O–H groups in total. The van der Waals surface area contributed by atoms with Crippen molar-refractivity contribution >= 4 is 27.3 Å². The van der Waals surface area contributed by atoms with Gasteiger partial charge in [0.05, 0.1) is 19.8 Å². The van der Waals surface area contributed by atoms with Crippen LogP contribution in [-0.2, 0) is 21.3 Å². The molecule has 0 spiro atoms. The number of hydrogen-bond donors (Lipinski definition) is 1. The summed E-state index contributed by atoms with van der Waals surface area (Å²) in [5.74, 6) is -0.209. The summed E-state index contributed by atoms with van der Waals surface area (Å²) in [4.78, 5) is 18.4. The lowest BCUT2D eigenvalue weighted by Gasteiger charge is -2.25. The molecule has 1 aliphatic heterocycles. The van der Waals surface area contributed by atoms with E-state index in [9.17, 15) is 13.2 Å². The Bertz CT molecular complexity index is 808. The number of H-pyrrole nitrogens is 1. The summed E-state index contributed by atoms with van der Waals surface area (Å²) in [5.41, 5.74) is 0.283. The van der Waals surface area contributed by atoms with Crippen LogP contribution in [0.1, 0.15) is 22.3 Å². The van der Waals surface area contributed by atoms with Gasteiger partial charge in [0.25, 0.3) is 5.91 Å². The minimum Gasteiger partial charge on any atom is -0.379 e. The molecular weight excluding hydrogens is 362 g/mol. The van der Waals surface area contributed by atoms with Gasteiger partial charge < -0.3 is 14.6 Å². The minimum atomic E-state index is -3.60. The minimum absolute atomic E-state index is 0.116. The number of morpholine rings is 1. The monoisotopic (exact) mass is 383 g/mol. The predicted octanol–water partition coefficient (Wildman–Crippen LogP) is 1.76. The average molecular weight is 383 g/mol. The van der Waals surface area contributed by atoms with Crippen LogP contribution in [0, 0.1) is 0 Å². The molecule has 0 bridgehead atoms. The summed E-state index contributed by atoms with van der Waals surface area (Å²) >= 11 is 1.59. The Labute approximate surface area is 151 Å². The molecule has 2 aromatic heterocycles. The summed E-state index contributed by atoms with van der Waals surface area (Å²) in [6, 6.07) is 5.34. The number of ether oxygens (including phenoxy) is 1. The number of rotatable bonds is 6. The highest BCUT2D eigenvalue weighted by Crippen LogP contribution is 2.20. The Morgan fingerprint density at radius 3 is 2.80 bits per heavy atom. The number of sulfonamides is 1. The van der Waals surface area contributed by atoms with Crippen LogP contribution in [0.2, 0.25) is 0 Å². The lowest BCUT2D eigenvalue weighted by molar-refractivity contribution is 0.0730. The van der Waals surface area contributed by atoms with Crippen molar-refractivity contribution < 1.29 is 17.9 Å². The molecule has 0 aliphatic carbocycles. The molecule has 25 heavy (non-hydrogen) atoms. The molecule has 0 saturated carbocycles. The Kier molecular flexibility index (Phi) is 5.57. The molecule has 0 unspecified atom stereocenters. The molecular formula is C16H21N3O4S2. The van der Waals surface area contributed by atoms with E-state index in [1.165, 1.54) is 16.6 Å². The molecule has 0 aromatic carbocycles. The van der Waals surface area contributed by atoms with E-state index in [4.69, 9.17) is 4.74 Å². The summed E-state index contributed by atoms with van der Waals surface area (Å²) in [6.45, 7) is 4.39. The third kappa shape index (κ3) is 3.95. The van der Waals surface area contributed by atoms with Crippen molar-refractivity contribution in [1.82, 2.24) is 14.2 Å². The zero-order valence-corrected chi connectivity index (χ0v) is 15.6. The quantitative estimate of drug-likeness (QED) is 0.824. The third-order valence-electron chi connectivity index (χ3n) is 4.09. The zero-order valence-electron chi connectivity index (χ0n) is 14.0. The molecule has 1 aliphatic rings. The number of carbonyl (C=O) groups is 1. The first-order valence-corrected chi connectivity index (χ1v) is 10.4. The van der Waals surface area contributed by atoms with E-state index in [-0.39, 0.29) is 16.5 Å². The number of nitrogens with one attached hydrogen (secondary N) is 1. The molecule has 9 heteroatoms. The first kappa shape index (κ1) is 18.1. The first-order chi connectivity index (χ1) is 12.0. The van der Waals surface area contributed by atoms with Crippen LogP contribution in [0.15, 0.2) is 34.7 Å². The molecule has 3 rings (SSSR count). The number of nitrogens with zero attached hydrogens (tertiary/aromatic N) is 2. The Hall–Kier alpha value is -1.68. The Morgan fingerprint density at radius 1 is 1.40 bits per heavy atom. The number of aromatic amines is 1. The summed E-state index contributed by atoms with van der Waals surface area (Å²) < 4.78 is 31.9. The van der Waals surface area contributed by atoms with E-state index < -0.39 is 10.0 Å². The standard InChI is InChI=1S/C16H21N3O4S2/c1-2-18(12-13-4-3-9-24-13)16(20)15-10-14(11-17-15)25(21,22)19-5-7-23-8-6-19/h3-4,9-11,17H,2,5-8,12H2,1H3. The van der Waals surface area contributed by atoms with Crippen molar-refractivity contribution in [3.63, 3.8) is 0 Å². The van der Waals surface area contributed by atoms with Crippen LogP contribution in [0.4, 0.5) is 0 Å². The number of carbonyl (C=O) groups excluding carboxylic acids is 1. The maximum atomic E-state index is 12.7. The highest BCUT2D eigenvalue weighted by atomic mass is 32.2. The third-order valence-corrected chi connectivity index (χ3v) is 6.83. The highest BCUT2D eigenvalue weighted by molar-refractivity contribution is 7.89. The number of aromatic nitrogens is 1. The molecule has 1 fully saturated rings. The van der Waals surface area contributed by atoms with E-state index in [0.717, 1.165) is 4.88 Å².